The highest BCUT2D eigenvalue weighted by atomic mass is 15.0. The molecular formula is C81H57N5. The van der Waals surface area contributed by atoms with Crippen LogP contribution in [0.5, 0.6) is 0 Å². The number of benzene rings is 12. The predicted molar refractivity (Wildman–Crippen MR) is 366 cm³/mol. The van der Waals surface area contributed by atoms with Crippen LogP contribution in [0.4, 0.5) is 0 Å². The van der Waals surface area contributed by atoms with Gasteiger partial charge in [-0.2, -0.15) is 0 Å². The van der Waals surface area contributed by atoms with Gasteiger partial charge in [-0.15, -0.1) is 0 Å². The van der Waals surface area contributed by atoms with Crippen molar-refractivity contribution in [3.05, 3.63) is 248 Å². The maximum absolute atomic E-state index is 5.86. The summed E-state index contributed by atoms with van der Waals surface area (Å²) in [5.41, 5.74) is 21.2. The van der Waals surface area contributed by atoms with Gasteiger partial charge in [-0.3, -0.25) is 4.40 Å². The number of para-hydroxylation sites is 4. The molecule has 0 spiro atoms. The van der Waals surface area contributed by atoms with E-state index < -0.39 is 0 Å². The second kappa shape index (κ2) is 16.6. The molecule has 0 bridgehead atoms. The number of hydrogen-bond donors (Lipinski definition) is 0. The molecule has 0 saturated heterocycles. The molecule has 406 valence electrons. The Morgan fingerprint density at radius 3 is 1.17 bits per heavy atom. The van der Waals surface area contributed by atoms with E-state index in [0.29, 0.717) is 0 Å². The van der Waals surface area contributed by atoms with Crippen molar-refractivity contribution in [3.63, 3.8) is 0 Å². The van der Waals surface area contributed by atoms with Crippen molar-refractivity contribution in [2.45, 2.75) is 52.4 Å². The van der Waals surface area contributed by atoms with Gasteiger partial charge < -0.3 is 13.5 Å². The molecule has 0 saturated carbocycles. The van der Waals surface area contributed by atoms with E-state index in [1.165, 1.54) is 164 Å². The summed E-state index contributed by atoms with van der Waals surface area (Å²) in [7, 11) is 0. The van der Waals surface area contributed by atoms with Crippen LogP contribution in [-0.2, 0) is 10.8 Å². The summed E-state index contributed by atoms with van der Waals surface area (Å²) in [4.78, 5) is 5.86. The predicted octanol–water partition coefficient (Wildman–Crippen LogP) is 21.8. The zero-order valence-electron chi connectivity index (χ0n) is 48.8. The maximum atomic E-state index is 5.86. The molecule has 19 aromatic rings. The van der Waals surface area contributed by atoms with E-state index in [0.717, 1.165) is 22.5 Å². The molecule has 19 rings (SSSR count). The summed E-state index contributed by atoms with van der Waals surface area (Å²) in [6, 6.07) is 86.7. The Morgan fingerprint density at radius 1 is 0.291 bits per heavy atom. The monoisotopic (exact) mass is 1100 g/mol. The average molecular weight is 1100 g/mol. The molecule has 7 aromatic heterocycles. The summed E-state index contributed by atoms with van der Waals surface area (Å²) in [5, 5.41) is 20.0. The highest BCUT2D eigenvalue weighted by Gasteiger charge is 2.32. The van der Waals surface area contributed by atoms with E-state index in [9.17, 15) is 0 Å². The Hall–Kier alpha value is -10.5. The van der Waals surface area contributed by atoms with Crippen molar-refractivity contribution in [1.82, 2.24) is 22.9 Å². The van der Waals surface area contributed by atoms with Gasteiger partial charge in [0, 0.05) is 87.1 Å². The first-order valence-corrected chi connectivity index (χ1v) is 30.3. The van der Waals surface area contributed by atoms with Crippen LogP contribution in [0.2, 0.25) is 0 Å². The van der Waals surface area contributed by atoms with Crippen molar-refractivity contribution in [3.8, 4) is 33.6 Å². The van der Waals surface area contributed by atoms with E-state index in [1.807, 2.05) is 0 Å². The van der Waals surface area contributed by atoms with Crippen LogP contribution in [0.3, 0.4) is 0 Å². The van der Waals surface area contributed by atoms with Crippen LogP contribution in [0.1, 0.15) is 52.7 Å². The molecule has 5 heteroatoms. The minimum Gasteiger partial charge on any atom is -0.309 e. The summed E-state index contributed by atoms with van der Waals surface area (Å²) < 4.78 is 10.0. The van der Waals surface area contributed by atoms with Gasteiger partial charge in [0.2, 0.25) is 0 Å². The molecule has 12 aromatic carbocycles. The minimum absolute atomic E-state index is 0.144. The molecule has 0 fully saturated rings. The highest BCUT2D eigenvalue weighted by molar-refractivity contribution is 6.39. The molecular weight excluding hydrogens is 1040 g/mol. The third kappa shape index (κ3) is 6.26. The minimum atomic E-state index is -0.149. The zero-order valence-corrected chi connectivity index (χ0v) is 48.8. The number of rotatable bonds is 4. The first-order valence-electron chi connectivity index (χ1n) is 30.3. The number of pyridine rings is 1. The molecule has 7 heterocycles. The van der Waals surface area contributed by atoms with Crippen LogP contribution in [0, 0.1) is 0 Å². The lowest BCUT2D eigenvalue weighted by atomic mass is 9.84. The number of aromatic nitrogens is 5. The first-order chi connectivity index (χ1) is 42.0. The van der Waals surface area contributed by atoms with Crippen LogP contribution in [0.15, 0.2) is 237 Å². The van der Waals surface area contributed by atoms with Gasteiger partial charge in [-0.1, -0.05) is 175 Å². The van der Waals surface area contributed by atoms with Gasteiger partial charge in [-0.25, -0.2) is 4.98 Å². The summed E-state index contributed by atoms with van der Waals surface area (Å²) in [6.07, 6.45) is 2.22. The first kappa shape index (κ1) is 47.9. The van der Waals surface area contributed by atoms with Crippen molar-refractivity contribution >= 4 is 141 Å². The molecule has 0 aliphatic rings. The fraction of sp³-hybridized carbons (Fsp3) is 0.0988. The van der Waals surface area contributed by atoms with Crippen molar-refractivity contribution in [2.75, 3.05) is 0 Å². The third-order valence-corrected chi connectivity index (χ3v) is 19.5. The molecule has 0 N–H and O–H groups in total. The normalized spacial score (nSPS) is 13.0. The van der Waals surface area contributed by atoms with Crippen LogP contribution in [-0.4, -0.2) is 22.9 Å². The van der Waals surface area contributed by atoms with E-state index in [2.05, 4.69) is 296 Å². The van der Waals surface area contributed by atoms with Crippen molar-refractivity contribution in [2.24, 2.45) is 0 Å². The van der Waals surface area contributed by atoms with Gasteiger partial charge >= 0.3 is 0 Å². The number of hydrogen-bond acceptors (Lipinski definition) is 1. The summed E-state index contributed by atoms with van der Waals surface area (Å²) in [5.74, 6) is 0. The van der Waals surface area contributed by atoms with E-state index in [-0.39, 0.29) is 10.8 Å². The number of fused-ring (bicyclic) bond motifs is 23. The second-order valence-electron chi connectivity index (χ2n) is 26.3. The van der Waals surface area contributed by atoms with E-state index in [4.69, 9.17) is 4.98 Å². The topological polar surface area (TPSA) is 31.6 Å². The average Bonchev–Trinajstić information content (AvgIpc) is 1.68. The van der Waals surface area contributed by atoms with Crippen molar-refractivity contribution < 1.29 is 0 Å². The molecule has 0 atom stereocenters. The van der Waals surface area contributed by atoms with Gasteiger partial charge in [0.15, 0.2) is 0 Å². The zero-order chi connectivity index (χ0) is 57.2. The third-order valence-electron chi connectivity index (χ3n) is 19.5. The van der Waals surface area contributed by atoms with Crippen molar-refractivity contribution in [1.29, 1.82) is 0 Å². The lowest BCUT2D eigenvalue weighted by molar-refractivity contribution is 0.591. The lowest BCUT2D eigenvalue weighted by Crippen LogP contribution is -2.10. The van der Waals surface area contributed by atoms with E-state index in [1.54, 1.807) is 0 Å². The summed E-state index contributed by atoms with van der Waals surface area (Å²) in [6.45, 7) is 14.2. The molecule has 0 aliphatic heterocycles. The summed E-state index contributed by atoms with van der Waals surface area (Å²) >= 11 is 0. The van der Waals surface area contributed by atoms with Crippen LogP contribution in [0.25, 0.3) is 175 Å². The van der Waals surface area contributed by atoms with E-state index >= 15 is 0 Å². The Kier molecular flexibility index (Phi) is 9.28. The Morgan fingerprint density at radius 2 is 0.686 bits per heavy atom. The second-order valence-corrected chi connectivity index (χ2v) is 26.3. The lowest BCUT2D eigenvalue weighted by Gasteiger charge is -2.20. The standard InChI is InChI=1S/C81H57N5/c1-80(2,3)50-41-62-71-54-27-15-13-21-46(54)37-58(48-33-35-68-60(39-48)56-29-17-19-31-66(56)83(68)52-23-9-7-10-24-52)77(71)85-70-45-82-79-74(73(70)64(43-50)75(62)85)65-44-51(81(4,5)6)42-63-72-55-28-16-14-22-47(55)38-59(78(72)86(79)76(63)65)49-34-36-69-61(40-49)57-30-18-20-32-67(57)84(69)53-25-11-8-12-26-53/h7-45H,1-6H3. The molecule has 0 radical (unpaired) electrons. The Balaban J connectivity index is 0.970. The van der Waals surface area contributed by atoms with Gasteiger partial charge in [-0.05, 0) is 152 Å². The van der Waals surface area contributed by atoms with Crippen LogP contribution >= 0.6 is 0 Å². The smallest absolute Gasteiger partial charge is 0.146 e. The fourth-order valence-electron chi connectivity index (χ4n) is 15.5. The fourth-order valence-corrected chi connectivity index (χ4v) is 15.5. The molecule has 0 amide bonds. The largest absolute Gasteiger partial charge is 0.309 e. The van der Waals surface area contributed by atoms with Gasteiger partial charge in [0.1, 0.15) is 5.65 Å². The Labute approximate surface area is 495 Å². The van der Waals surface area contributed by atoms with Crippen LogP contribution < -0.4 is 0 Å². The SMILES string of the molecule is CC(C)(C)c1cc2c3c4c5cc(C(C)(C)C)cc6c7c8ccccc8cc(-c8ccc9c(c8)c8ccccc8n9-c8ccccc8)c7n(c4ncc3n3c4c(-c7ccc8c(c7)c7ccccc7n8-c7ccccc7)cc7ccccc7c4c(c1)c23)c56. The maximum Gasteiger partial charge on any atom is 0.146 e. The number of nitrogens with zero attached hydrogens (tertiary/aromatic N) is 5. The molecule has 0 unspecified atom stereocenters. The molecule has 5 nitrogen and oxygen atoms in total. The highest BCUT2D eigenvalue weighted by Crippen LogP contribution is 2.53. The van der Waals surface area contributed by atoms with Gasteiger partial charge in [0.25, 0.3) is 0 Å². The van der Waals surface area contributed by atoms with Gasteiger partial charge in [0.05, 0.1) is 55.8 Å². The molecule has 0 aliphatic carbocycles. The molecule has 86 heavy (non-hydrogen) atoms. The Bertz CT molecular complexity index is 5750. The quantitative estimate of drug-likeness (QED) is 0.173.